The maximum Gasteiger partial charge on any atom is 0.410 e. The maximum atomic E-state index is 14.3. The van der Waals surface area contributed by atoms with Crippen LogP contribution in [-0.4, -0.2) is 87.5 Å². The molecular weight excluding hydrogens is 512 g/mol. The lowest BCUT2D eigenvalue weighted by atomic mass is 9.92. The maximum absolute atomic E-state index is 14.3. The molecule has 4 heterocycles. The fraction of sp³-hybridized carbons (Fsp3) is 0.690. The molecule has 0 aromatic carbocycles. The first kappa shape index (κ1) is 28.3. The summed E-state index contributed by atoms with van der Waals surface area (Å²) >= 11 is 0. The van der Waals surface area contributed by atoms with Crippen LogP contribution in [0.1, 0.15) is 93.6 Å². The Labute approximate surface area is 236 Å². The third-order valence-electron chi connectivity index (χ3n) is 7.39. The molecule has 2 amide bonds. The summed E-state index contributed by atoms with van der Waals surface area (Å²) < 4.78 is 16.9. The van der Waals surface area contributed by atoms with Crippen molar-refractivity contribution < 1.29 is 23.5 Å². The van der Waals surface area contributed by atoms with E-state index >= 15 is 0 Å². The number of piperidine rings is 1. The van der Waals surface area contributed by atoms with Gasteiger partial charge in [0, 0.05) is 32.8 Å². The van der Waals surface area contributed by atoms with Crippen LogP contribution in [0.2, 0.25) is 0 Å². The SMILES string of the molecule is Cc1nnc([C@@H]2C[C@H](N(CC(C)C)C(=O)c3ncc(C4CC4)cc3NC3COC3)CN(C(=O)OC(C)(C)C)C2)o1. The van der Waals surface area contributed by atoms with E-state index in [1.165, 1.54) is 0 Å². The Bertz CT molecular complexity index is 1220. The van der Waals surface area contributed by atoms with Crippen LogP contribution in [0.15, 0.2) is 16.7 Å². The molecule has 3 aliphatic rings. The van der Waals surface area contributed by atoms with E-state index in [4.69, 9.17) is 18.9 Å². The van der Waals surface area contributed by atoms with Crippen LogP contribution in [-0.2, 0) is 9.47 Å². The Morgan fingerprint density at radius 2 is 1.93 bits per heavy atom. The van der Waals surface area contributed by atoms with Crippen molar-refractivity contribution in [3.63, 3.8) is 0 Å². The number of pyridine rings is 1. The predicted molar refractivity (Wildman–Crippen MR) is 148 cm³/mol. The van der Waals surface area contributed by atoms with Gasteiger partial charge in [0.05, 0.1) is 36.9 Å². The van der Waals surface area contributed by atoms with Crippen LogP contribution in [0.5, 0.6) is 0 Å². The second-order valence-corrected chi connectivity index (χ2v) is 12.8. The van der Waals surface area contributed by atoms with Gasteiger partial charge in [-0.1, -0.05) is 13.8 Å². The van der Waals surface area contributed by atoms with E-state index in [0.29, 0.717) is 62.7 Å². The van der Waals surface area contributed by atoms with Crippen molar-refractivity contribution in [3.05, 3.63) is 35.3 Å². The molecule has 5 rings (SSSR count). The first-order chi connectivity index (χ1) is 19.0. The third-order valence-corrected chi connectivity index (χ3v) is 7.39. The molecule has 11 heteroatoms. The monoisotopic (exact) mass is 554 g/mol. The highest BCUT2D eigenvalue weighted by atomic mass is 16.6. The van der Waals surface area contributed by atoms with Gasteiger partial charge in [-0.3, -0.25) is 4.79 Å². The molecule has 2 aromatic heterocycles. The summed E-state index contributed by atoms with van der Waals surface area (Å²) in [5.41, 5.74) is 1.67. The highest BCUT2D eigenvalue weighted by Crippen LogP contribution is 2.41. The van der Waals surface area contributed by atoms with Crippen LogP contribution in [0.4, 0.5) is 10.5 Å². The summed E-state index contributed by atoms with van der Waals surface area (Å²) in [6.07, 6.45) is 4.31. The zero-order chi connectivity index (χ0) is 28.6. The van der Waals surface area contributed by atoms with Gasteiger partial charge in [0.1, 0.15) is 5.60 Å². The standard InChI is InChI=1S/C29H42N6O5/c1-17(2)12-35(27(36)25-24(31-22-15-38-16-22)10-20(11-30-25)19-7-8-19)23-9-21(26-33-32-18(3)39-26)13-34(14-23)28(37)40-29(4,5)6/h10-11,17,19,21-23,31H,7-9,12-16H2,1-6H3/t21-,23+/m1/s1. The van der Waals surface area contributed by atoms with E-state index < -0.39 is 11.7 Å². The van der Waals surface area contributed by atoms with Crippen molar-refractivity contribution in [1.29, 1.82) is 0 Å². The Morgan fingerprint density at radius 1 is 1.18 bits per heavy atom. The number of anilines is 1. The summed E-state index contributed by atoms with van der Waals surface area (Å²) in [5.74, 6) is 1.26. The van der Waals surface area contributed by atoms with Gasteiger partial charge in [-0.15, -0.1) is 10.2 Å². The summed E-state index contributed by atoms with van der Waals surface area (Å²) in [4.78, 5) is 35.8. The summed E-state index contributed by atoms with van der Waals surface area (Å²) in [5, 5.41) is 11.8. The van der Waals surface area contributed by atoms with E-state index in [1.54, 1.807) is 11.8 Å². The summed E-state index contributed by atoms with van der Waals surface area (Å²) in [6.45, 7) is 13.9. The number of nitrogens with zero attached hydrogens (tertiary/aromatic N) is 5. The second-order valence-electron chi connectivity index (χ2n) is 12.8. The number of rotatable bonds is 8. The van der Waals surface area contributed by atoms with Crippen molar-refractivity contribution >= 4 is 17.7 Å². The van der Waals surface area contributed by atoms with Crippen molar-refractivity contribution in [2.45, 2.75) is 90.3 Å². The molecule has 1 N–H and O–H groups in total. The van der Waals surface area contributed by atoms with Gasteiger partial charge in [0.15, 0.2) is 5.69 Å². The molecule has 218 valence electrons. The van der Waals surface area contributed by atoms with Gasteiger partial charge in [0.25, 0.3) is 5.91 Å². The number of nitrogens with one attached hydrogen (secondary N) is 1. The molecular formula is C29H42N6O5. The van der Waals surface area contributed by atoms with E-state index in [9.17, 15) is 9.59 Å². The molecule has 40 heavy (non-hydrogen) atoms. The third kappa shape index (κ3) is 6.74. The lowest BCUT2D eigenvalue weighted by Crippen LogP contribution is -2.55. The molecule has 0 bridgehead atoms. The summed E-state index contributed by atoms with van der Waals surface area (Å²) in [6, 6.07) is 1.95. The van der Waals surface area contributed by atoms with Gasteiger partial charge in [-0.05, 0) is 63.5 Å². The Morgan fingerprint density at radius 3 is 2.50 bits per heavy atom. The largest absolute Gasteiger partial charge is 0.444 e. The van der Waals surface area contributed by atoms with Gasteiger partial charge in [0.2, 0.25) is 11.8 Å². The van der Waals surface area contributed by atoms with Crippen LogP contribution in [0, 0.1) is 12.8 Å². The minimum absolute atomic E-state index is 0.156. The molecule has 2 aromatic rings. The van der Waals surface area contributed by atoms with E-state index in [2.05, 4.69) is 35.4 Å². The zero-order valence-electron chi connectivity index (χ0n) is 24.5. The molecule has 3 fully saturated rings. The molecule has 0 spiro atoms. The molecule has 2 atom stereocenters. The van der Waals surface area contributed by atoms with Crippen molar-refractivity contribution in [2.75, 3.05) is 38.2 Å². The van der Waals surface area contributed by atoms with Crippen molar-refractivity contribution in [2.24, 2.45) is 5.92 Å². The van der Waals surface area contributed by atoms with E-state index in [-0.39, 0.29) is 29.8 Å². The van der Waals surface area contributed by atoms with Gasteiger partial charge >= 0.3 is 6.09 Å². The summed E-state index contributed by atoms with van der Waals surface area (Å²) in [7, 11) is 0. The second kappa shape index (κ2) is 11.3. The fourth-order valence-electron chi connectivity index (χ4n) is 5.30. The fourth-order valence-corrected chi connectivity index (χ4v) is 5.30. The molecule has 11 nitrogen and oxygen atoms in total. The minimum atomic E-state index is -0.646. The van der Waals surface area contributed by atoms with Crippen LogP contribution in [0.25, 0.3) is 0 Å². The number of carbonyl (C=O) groups excluding carboxylic acids is 2. The van der Waals surface area contributed by atoms with Gasteiger partial charge in [-0.25, -0.2) is 9.78 Å². The smallest absolute Gasteiger partial charge is 0.410 e. The number of amides is 2. The normalized spacial score (nSPS) is 21.7. The van der Waals surface area contributed by atoms with Gasteiger partial charge < -0.3 is 29.0 Å². The average molecular weight is 555 g/mol. The first-order valence-corrected chi connectivity index (χ1v) is 14.4. The number of hydrogen-bond acceptors (Lipinski definition) is 9. The number of aromatic nitrogens is 3. The number of hydrogen-bond donors (Lipinski definition) is 1. The minimum Gasteiger partial charge on any atom is -0.444 e. The van der Waals surface area contributed by atoms with Crippen molar-refractivity contribution in [1.82, 2.24) is 25.0 Å². The van der Waals surface area contributed by atoms with E-state index in [0.717, 1.165) is 24.1 Å². The quantitative estimate of drug-likeness (QED) is 0.507. The van der Waals surface area contributed by atoms with Crippen LogP contribution >= 0.6 is 0 Å². The predicted octanol–water partition coefficient (Wildman–Crippen LogP) is 4.35. The number of aryl methyl sites for hydroxylation is 1. The lowest BCUT2D eigenvalue weighted by molar-refractivity contribution is 0.00503. The Hall–Kier alpha value is -3.21. The lowest BCUT2D eigenvalue weighted by Gasteiger charge is -2.42. The average Bonchev–Trinajstić information content (AvgIpc) is 3.63. The molecule has 1 saturated carbocycles. The van der Waals surface area contributed by atoms with E-state index in [1.807, 2.05) is 31.9 Å². The number of ether oxygens (including phenoxy) is 2. The molecule has 0 radical (unpaired) electrons. The Balaban J connectivity index is 1.46. The highest BCUT2D eigenvalue weighted by molar-refractivity contribution is 5.98. The topological polar surface area (TPSA) is 123 Å². The number of carbonyl (C=O) groups is 2. The molecule has 0 unspecified atom stereocenters. The molecule has 2 saturated heterocycles. The van der Waals surface area contributed by atoms with Gasteiger partial charge in [-0.2, -0.15) is 0 Å². The Kier molecular flexibility index (Phi) is 8.03. The van der Waals surface area contributed by atoms with Crippen LogP contribution < -0.4 is 5.32 Å². The van der Waals surface area contributed by atoms with Crippen molar-refractivity contribution in [3.8, 4) is 0 Å². The zero-order valence-corrected chi connectivity index (χ0v) is 24.5. The molecule has 2 aliphatic heterocycles. The number of likely N-dealkylation sites (tertiary alicyclic amines) is 1. The first-order valence-electron chi connectivity index (χ1n) is 14.4. The highest BCUT2D eigenvalue weighted by Gasteiger charge is 2.40. The van der Waals surface area contributed by atoms with Crippen LogP contribution in [0.3, 0.4) is 0 Å². The molecule has 1 aliphatic carbocycles.